The minimum Gasteiger partial charge on any atom is -0.478 e. The van der Waals surface area contributed by atoms with E-state index >= 15 is 0 Å². The number of anilines is 1. The summed E-state index contributed by atoms with van der Waals surface area (Å²) in [7, 11) is 0. The molecule has 1 atom stereocenters. The standard InChI is InChI=1S/C12H18N2O3/c1-7(2)10-4-9(12(16)17)5-11(14-10)13-6-8(3)15/h4-5,7-8,15H,6H2,1-3H3,(H,13,14)(H,16,17). The highest BCUT2D eigenvalue weighted by Crippen LogP contribution is 2.17. The molecule has 0 saturated heterocycles. The molecule has 3 N–H and O–H groups in total. The second-order valence-electron chi connectivity index (χ2n) is 4.36. The number of carbonyl (C=O) groups is 1. The molecule has 0 aromatic carbocycles. The van der Waals surface area contributed by atoms with E-state index in [2.05, 4.69) is 10.3 Å². The molecular weight excluding hydrogens is 220 g/mol. The number of carboxylic acids is 1. The zero-order valence-corrected chi connectivity index (χ0v) is 10.3. The summed E-state index contributed by atoms with van der Waals surface area (Å²) in [5, 5.41) is 21.1. The topological polar surface area (TPSA) is 82.5 Å². The van der Waals surface area contributed by atoms with Crippen LogP contribution in [-0.4, -0.2) is 33.8 Å². The Kier molecular flexibility index (Phi) is 4.45. The third-order valence-electron chi connectivity index (χ3n) is 2.26. The van der Waals surface area contributed by atoms with Crippen LogP contribution in [0, 0.1) is 0 Å². The van der Waals surface area contributed by atoms with E-state index < -0.39 is 12.1 Å². The van der Waals surface area contributed by atoms with Crippen LogP contribution in [0.3, 0.4) is 0 Å². The van der Waals surface area contributed by atoms with Gasteiger partial charge in [-0.05, 0) is 25.0 Å². The van der Waals surface area contributed by atoms with Crippen molar-refractivity contribution in [3.05, 3.63) is 23.4 Å². The van der Waals surface area contributed by atoms with Crippen molar-refractivity contribution in [2.45, 2.75) is 32.8 Å². The number of aromatic nitrogens is 1. The third kappa shape index (κ3) is 4.03. The number of aliphatic hydroxyl groups is 1. The van der Waals surface area contributed by atoms with Crippen LogP contribution in [0.4, 0.5) is 5.82 Å². The van der Waals surface area contributed by atoms with Gasteiger partial charge in [-0.2, -0.15) is 0 Å². The van der Waals surface area contributed by atoms with Gasteiger partial charge in [-0.1, -0.05) is 13.8 Å². The van der Waals surface area contributed by atoms with Crippen LogP contribution in [-0.2, 0) is 0 Å². The van der Waals surface area contributed by atoms with E-state index in [0.717, 1.165) is 5.69 Å². The summed E-state index contributed by atoms with van der Waals surface area (Å²) >= 11 is 0. The molecule has 94 valence electrons. The number of aliphatic hydroxyl groups excluding tert-OH is 1. The van der Waals surface area contributed by atoms with Crippen LogP contribution < -0.4 is 5.32 Å². The third-order valence-corrected chi connectivity index (χ3v) is 2.26. The first-order chi connectivity index (χ1) is 7.90. The largest absolute Gasteiger partial charge is 0.478 e. The number of nitrogens with one attached hydrogen (secondary N) is 1. The van der Waals surface area contributed by atoms with Gasteiger partial charge in [-0.15, -0.1) is 0 Å². The number of pyridine rings is 1. The zero-order valence-electron chi connectivity index (χ0n) is 10.3. The number of hydrogen-bond donors (Lipinski definition) is 3. The van der Waals surface area contributed by atoms with Gasteiger partial charge in [0.1, 0.15) is 5.82 Å². The van der Waals surface area contributed by atoms with Crippen molar-refractivity contribution in [3.8, 4) is 0 Å². The van der Waals surface area contributed by atoms with Gasteiger partial charge >= 0.3 is 5.97 Å². The van der Waals surface area contributed by atoms with E-state index in [1.807, 2.05) is 13.8 Å². The lowest BCUT2D eigenvalue weighted by molar-refractivity contribution is 0.0696. The van der Waals surface area contributed by atoms with Gasteiger partial charge in [-0.3, -0.25) is 0 Å². The summed E-state index contributed by atoms with van der Waals surface area (Å²) in [5.74, 6) is -0.342. The number of nitrogens with zero attached hydrogens (tertiary/aromatic N) is 1. The van der Waals surface area contributed by atoms with Crippen LogP contribution in [0.15, 0.2) is 12.1 Å². The molecule has 0 aliphatic carbocycles. The quantitative estimate of drug-likeness (QED) is 0.727. The molecule has 17 heavy (non-hydrogen) atoms. The number of rotatable bonds is 5. The van der Waals surface area contributed by atoms with Crippen molar-refractivity contribution < 1.29 is 15.0 Å². The fraction of sp³-hybridized carbons (Fsp3) is 0.500. The van der Waals surface area contributed by atoms with Crippen LogP contribution >= 0.6 is 0 Å². The minimum absolute atomic E-state index is 0.154. The molecule has 5 heteroatoms. The molecule has 0 amide bonds. The Hall–Kier alpha value is -1.62. The highest BCUT2D eigenvalue weighted by molar-refractivity contribution is 5.88. The van der Waals surface area contributed by atoms with Crippen LogP contribution in [0.5, 0.6) is 0 Å². The van der Waals surface area contributed by atoms with Gasteiger partial charge in [-0.25, -0.2) is 9.78 Å². The Labute approximate surface area is 101 Å². The van der Waals surface area contributed by atoms with Crippen molar-refractivity contribution in [1.82, 2.24) is 4.98 Å². The lowest BCUT2D eigenvalue weighted by atomic mass is 10.1. The fourth-order valence-electron chi connectivity index (χ4n) is 1.31. The maximum atomic E-state index is 11.0. The van der Waals surface area contributed by atoms with Crippen molar-refractivity contribution in [2.24, 2.45) is 0 Å². The highest BCUT2D eigenvalue weighted by Gasteiger charge is 2.10. The maximum Gasteiger partial charge on any atom is 0.335 e. The van der Waals surface area contributed by atoms with Crippen LogP contribution in [0.2, 0.25) is 0 Å². The van der Waals surface area contributed by atoms with Gasteiger partial charge in [0.25, 0.3) is 0 Å². The van der Waals surface area contributed by atoms with Gasteiger partial charge in [0, 0.05) is 12.2 Å². The zero-order chi connectivity index (χ0) is 13.0. The van der Waals surface area contributed by atoms with Crippen molar-refractivity contribution in [1.29, 1.82) is 0 Å². The van der Waals surface area contributed by atoms with Gasteiger partial charge in [0.05, 0.1) is 11.7 Å². The molecule has 5 nitrogen and oxygen atoms in total. The molecular formula is C12H18N2O3. The van der Waals surface area contributed by atoms with E-state index in [0.29, 0.717) is 12.4 Å². The van der Waals surface area contributed by atoms with Crippen LogP contribution in [0.25, 0.3) is 0 Å². The summed E-state index contributed by atoms with van der Waals surface area (Å²) in [4.78, 5) is 15.3. The second-order valence-corrected chi connectivity index (χ2v) is 4.36. The number of aromatic carboxylic acids is 1. The highest BCUT2D eigenvalue weighted by atomic mass is 16.4. The first-order valence-electron chi connectivity index (χ1n) is 5.57. The van der Waals surface area contributed by atoms with E-state index in [4.69, 9.17) is 10.2 Å². The summed E-state index contributed by atoms with van der Waals surface area (Å²) in [6.45, 7) is 5.89. The molecule has 0 bridgehead atoms. The monoisotopic (exact) mass is 238 g/mol. The molecule has 0 radical (unpaired) electrons. The molecule has 0 saturated carbocycles. The average Bonchev–Trinajstić information content (AvgIpc) is 2.25. The summed E-state index contributed by atoms with van der Waals surface area (Å²) < 4.78 is 0. The normalized spacial score (nSPS) is 12.5. The molecule has 0 aliphatic heterocycles. The van der Waals surface area contributed by atoms with E-state index in [1.54, 1.807) is 13.0 Å². The Morgan fingerprint density at radius 1 is 1.41 bits per heavy atom. The lowest BCUT2D eigenvalue weighted by Crippen LogP contribution is -2.17. The van der Waals surface area contributed by atoms with Gasteiger partial charge < -0.3 is 15.5 Å². The number of carboxylic acid groups (broad SMARTS) is 1. The second kappa shape index (κ2) is 5.63. The van der Waals surface area contributed by atoms with Crippen molar-refractivity contribution >= 4 is 11.8 Å². The Bertz CT molecular complexity index is 403. The van der Waals surface area contributed by atoms with E-state index in [1.165, 1.54) is 6.07 Å². The molecule has 0 fully saturated rings. The van der Waals surface area contributed by atoms with E-state index in [9.17, 15) is 4.79 Å². The summed E-state index contributed by atoms with van der Waals surface area (Å²) in [6, 6.07) is 3.04. The molecule has 1 unspecified atom stereocenters. The van der Waals surface area contributed by atoms with Crippen molar-refractivity contribution in [3.63, 3.8) is 0 Å². The lowest BCUT2D eigenvalue weighted by Gasteiger charge is -2.12. The minimum atomic E-state index is -0.977. The summed E-state index contributed by atoms with van der Waals surface area (Å²) in [6.07, 6.45) is -0.507. The Morgan fingerprint density at radius 3 is 2.53 bits per heavy atom. The smallest absolute Gasteiger partial charge is 0.335 e. The average molecular weight is 238 g/mol. The SMILES string of the molecule is CC(O)CNc1cc(C(=O)O)cc(C(C)C)n1. The van der Waals surface area contributed by atoms with Crippen molar-refractivity contribution in [2.75, 3.05) is 11.9 Å². The molecule has 0 spiro atoms. The molecule has 0 aliphatic rings. The van der Waals surface area contributed by atoms with Crippen LogP contribution in [0.1, 0.15) is 42.7 Å². The van der Waals surface area contributed by atoms with E-state index in [-0.39, 0.29) is 11.5 Å². The maximum absolute atomic E-state index is 11.0. The first-order valence-corrected chi connectivity index (χ1v) is 5.57. The first kappa shape index (κ1) is 13.4. The summed E-state index contributed by atoms with van der Waals surface area (Å²) in [5.41, 5.74) is 0.926. The number of hydrogen-bond acceptors (Lipinski definition) is 4. The van der Waals surface area contributed by atoms with Gasteiger partial charge in [0.15, 0.2) is 0 Å². The predicted octanol–water partition coefficient (Wildman–Crippen LogP) is 1.70. The fourth-order valence-corrected chi connectivity index (χ4v) is 1.31. The molecule has 1 aromatic heterocycles. The molecule has 1 heterocycles. The molecule has 1 rings (SSSR count). The predicted molar refractivity (Wildman–Crippen MR) is 65.5 cm³/mol. The molecule has 1 aromatic rings. The van der Waals surface area contributed by atoms with Gasteiger partial charge in [0.2, 0.25) is 0 Å². The Balaban J connectivity index is 2.99. The Morgan fingerprint density at radius 2 is 2.06 bits per heavy atom.